The summed E-state index contributed by atoms with van der Waals surface area (Å²) < 4.78 is 6.43. The maximum atomic E-state index is 13.3. The molecule has 34 heavy (non-hydrogen) atoms. The maximum absolute atomic E-state index is 13.3. The number of anilines is 1. The number of aliphatic hydroxyl groups excluding tert-OH is 1. The molecule has 1 amide bonds. The standard InChI is InChI=1S/C27H22N2O4S/c1-3-33-19-13-14-20-21(15-19)34-27(28-20)29-23(17-11-9-16(2)10-12-17)22(25(31)26(29)32)24(30)18-7-5-4-6-8-18/h4-15,23,30H,3H2,1-2H3/t23-/m0/s1. The van der Waals surface area contributed by atoms with Gasteiger partial charge in [0.1, 0.15) is 11.5 Å². The minimum atomic E-state index is -0.798. The van der Waals surface area contributed by atoms with E-state index in [0.29, 0.717) is 28.6 Å². The van der Waals surface area contributed by atoms with Crippen molar-refractivity contribution in [3.05, 3.63) is 95.1 Å². The lowest BCUT2D eigenvalue weighted by Gasteiger charge is -2.23. The molecule has 6 nitrogen and oxygen atoms in total. The van der Waals surface area contributed by atoms with Gasteiger partial charge in [0.15, 0.2) is 5.13 Å². The molecule has 5 rings (SSSR count). The first-order valence-electron chi connectivity index (χ1n) is 10.9. The number of Topliss-reactive ketones (excluding diaryl/α,β-unsaturated/α-hetero) is 1. The number of benzene rings is 3. The van der Waals surface area contributed by atoms with Crippen molar-refractivity contribution in [2.45, 2.75) is 19.9 Å². The minimum Gasteiger partial charge on any atom is -0.507 e. The number of ether oxygens (including phenoxy) is 1. The van der Waals surface area contributed by atoms with Crippen molar-refractivity contribution in [2.75, 3.05) is 11.5 Å². The van der Waals surface area contributed by atoms with E-state index in [-0.39, 0.29) is 11.3 Å². The zero-order valence-corrected chi connectivity index (χ0v) is 19.5. The normalized spacial score (nSPS) is 17.5. The van der Waals surface area contributed by atoms with Gasteiger partial charge in [-0.2, -0.15) is 0 Å². The predicted octanol–water partition coefficient (Wildman–Crippen LogP) is 5.63. The molecule has 2 heterocycles. The quantitative estimate of drug-likeness (QED) is 0.232. The van der Waals surface area contributed by atoms with Crippen LogP contribution in [0.4, 0.5) is 5.13 Å². The van der Waals surface area contributed by atoms with Crippen molar-refractivity contribution in [1.29, 1.82) is 0 Å². The molecule has 0 spiro atoms. The van der Waals surface area contributed by atoms with Gasteiger partial charge in [-0.05, 0) is 37.6 Å². The third-order valence-electron chi connectivity index (χ3n) is 5.75. The van der Waals surface area contributed by atoms with E-state index in [9.17, 15) is 14.7 Å². The fourth-order valence-corrected chi connectivity index (χ4v) is 5.12. The highest BCUT2D eigenvalue weighted by molar-refractivity contribution is 7.22. The molecule has 1 aliphatic rings. The third kappa shape index (κ3) is 3.74. The van der Waals surface area contributed by atoms with Gasteiger partial charge in [-0.3, -0.25) is 14.5 Å². The van der Waals surface area contributed by atoms with E-state index in [4.69, 9.17) is 4.74 Å². The first-order chi connectivity index (χ1) is 16.5. The van der Waals surface area contributed by atoms with Crippen LogP contribution in [0.2, 0.25) is 0 Å². The fourth-order valence-electron chi connectivity index (χ4n) is 4.10. The summed E-state index contributed by atoms with van der Waals surface area (Å²) in [6.45, 7) is 4.42. The number of carbonyl (C=O) groups excluding carboxylic acids is 2. The second-order valence-electron chi connectivity index (χ2n) is 8.00. The fraction of sp³-hybridized carbons (Fsp3) is 0.148. The largest absolute Gasteiger partial charge is 0.507 e. The molecular formula is C27H22N2O4S. The number of aromatic nitrogens is 1. The second kappa shape index (κ2) is 8.76. The number of hydrogen-bond acceptors (Lipinski definition) is 6. The van der Waals surface area contributed by atoms with Gasteiger partial charge in [0.2, 0.25) is 0 Å². The van der Waals surface area contributed by atoms with Crippen LogP contribution < -0.4 is 9.64 Å². The van der Waals surface area contributed by atoms with E-state index < -0.39 is 17.7 Å². The minimum absolute atomic E-state index is 0.0503. The Morgan fingerprint density at radius 2 is 1.79 bits per heavy atom. The van der Waals surface area contributed by atoms with E-state index in [2.05, 4.69) is 4.98 Å². The summed E-state index contributed by atoms with van der Waals surface area (Å²) in [6.07, 6.45) is 0. The summed E-state index contributed by atoms with van der Waals surface area (Å²) in [6, 6.07) is 21.1. The topological polar surface area (TPSA) is 79.7 Å². The van der Waals surface area contributed by atoms with Crippen molar-refractivity contribution in [1.82, 2.24) is 4.98 Å². The molecule has 1 saturated heterocycles. The molecule has 0 radical (unpaired) electrons. The van der Waals surface area contributed by atoms with Crippen LogP contribution in [0.1, 0.15) is 29.7 Å². The van der Waals surface area contributed by atoms with Gasteiger partial charge in [-0.15, -0.1) is 0 Å². The highest BCUT2D eigenvalue weighted by atomic mass is 32.1. The highest BCUT2D eigenvalue weighted by Crippen LogP contribution is 2.44. The van der Waals surface area contributed by atoms with Crippen molar-refractivity contribution in [3.63, 3.8) is 0 Å². The lowest BCUT2D eigenvalue weighted by molar-refractivity contribution is -0.132. The zero-order chi connectivity index (χ0) is 23.8. The van der Waals surface area contributed by atoms with E-state index in [0.717, 1.165) is 15.8 Å². The molecule has 170 valence electrons. The average Bonchev–Trinajstić information content (AvgIpc) is 3.38. The van der Waals surface area contributed by atoms with Crippen molar-refractivity contribution < 1.29 is 19.4 Å². The molecule has 1 aromatic heterocycles. The molecule has 0 unspecified atom stereocenters. The predicted molar refractivity (Wildman–Crippen MR) is 133 cm³/mol. The molecule has 4 aromatic rings. The Kier molecular flexibility index (Phi) is 5.63. The Morgan fingerprint density at radius 3 is 2.50 bits per heavy atom. The zero-order valence-electron chi connectivity index (χ0n) is 18.7. The number of aryl methyl sites for hydroxylation is 1. The number of thiazole rings is 1. The van der Waals surface area contributed by atoms with Gasteiger partial charge in [0.25, 0.3) is 5.78 Å². The van der Waals surface area contributed by atoms with Crippen LogP contribution in [0.25, 0.3) is 16.0 Å². The molecule has 1 N–H and O–H groups in total. The molecule has 1 aliphatic heterocycles. The van der Waals surface area contributed by atoms with Crippen LogP contribution in [-0.4, -0.2) is 28.4 Å². The molecule has 7 heteroatoms. The Balaban J connectivity index is 1.69. The summed E-state index contributed by atoms with van der Waals surface area (Å²) in [5.41, 5.74) is 3.00. The smallest absolute Gasteiger partial charge is 0.301 e. The number of carbonyl (C=O) groups is 2. The Morgan fingerprint density at radius 1 is 1.06 bits per heavy atom. The Labute approximate surface area is 200 Å². The summed E-state index contributed by atoms with van der Waals surface area (Å²) in [5, 5.41) is 11.5. The highest BCUT2D eigenvalue weighted by Gasteiger charge is 2.48. The van der Waals surface area contributed by atoms with Gasteiger partial charge in [-0.25, -0.2) is 4.98 Å². The lowest BCUT2D eigenvalue weighted by Crippen LogP contribution is -2.29. The maximum Gasteiger partial charge on any atom is 0.301 e. The molecule has 0 aliphatic carbocycles. The third-order valence-corrected chi connectivity index (χ3v) is 6.77. The molecule has 0 bridgehead atoms. The number of hydrogen-bond donors (Lipinski definition) is 1. The van der Waals surface area contributed by atoms with Crippen molar-refractivity contribution >= 4 is 44.1 Å². The van der Waals surface area contributed by atoms with E-state index in [1.54, 1.807) is 24.3 Å². The molecular weight excluding hydrogens is 448 g/mol. The monoisotopic (exact) mass is 470 g/mol. The summed E-state index contributed by atoms with van der Waals surface area (Å²) in [4.78, 5) is 32.6. The van der Waals surface area contributed by atoms with Gasteiger partial charge in [0.05, 0.1) is 28.4 Å². The van der Waals surface area contributed by atoms with Crippen LogP contribution in [0.3, 0.4) is 0 Å². The van der Waals surface area contributed by atoms with Crippen molar-refractivity contribution in [3.8, 4) is 5.75 Å². The van der Waals surface area contributed by atoms with Crippen LogP contribution in [0, 0.1) is 6.92 Å². The number of nitrogens with zero attached hydrogens (tertiary/aromatic N) is 2. The molecule has 0 saturated carbocycles. The summed E-state index contributed by atoms with van der Waals surface area (Å²) >= 11 is 1.31. The van der Waals surface area contributed by atoms with Crippen LogP contribution in [0.5, 0.6) is 5.75 Å². The number of fused-ring (bicyclic) bond motifs is 1. The number of ketones is 1. The Hall–Kier alpha value is -3.97. The van der Waals surface area contributed by atoms with E-state index in [1.165, 1.54) is 16.2 Å². The molecule has 3 aromatic carbocycles. The molecule has 1 atom stereocenters. The van der Waals surface area contributed by atoms with Gasteiger partial charge in [0, 0.05) is 5.56 Å². The summed E-state index contributed by atoms with van der Waals surface area (Å²) in [5.74, 6) is -0.938. The van der Waals surface area contributed by atoms with Crippen LogP contribution in [0.15, 0.2) is 78.4 Å². The number of amides is 1. The first-order valence-corrected chi connectivity index (χ1v) is 11.8. The number of rotatable bonds is 5. The Bertz CT molecular complexity index is 1420. The second-order valence-corrected chi connectivity index (χ2v) is 9.01. The first kappa shape index (κ1) is 21.9. The average molecular weight is 471 g/mol. The summed E-state index contributed by atoms with van der Waals surface area (Å²) in [7, 11) is 0. The van der Waals surface area contributed by atoms with Gasteiger partial charge < -0.3 is 9.84 Å². The molecule has 1 fully saturated rings. The van der Waals surface area contributed by atoms with Crippen LogP contribution in [-0.2, 0) is 9.59 Å². The van der Waals surface area contributed by atoms with Crippen LogP contribution >= 0.6 is 11.3 Å². The van der Waals surface area contributed by atoms with Crippen molar-refractivity contribution in [2.24, 2.45) is 0 Å². The van der Waals surface area contributed by atoms with E-state index >= 15 is 0 Å². The van der Waals surface area contributed by atoms with E-state index in [1.807, 2.05) is 62.4 Å². The van der Waals surface area contributed by atoms with Gasteiger partial charge >= 0.3 is 5.91 Å². The number of aliphatic hydroxyl groups is 1. The SMILES string of the molecule is CCOc1ccc2nc(N3C(=O)C(=O)C(=C(O)c4ccccc4)[C@@H]3c3ccc(C)cc3)sc2c1. The lowest BCUT2D eigenvalue weighted by atomic mass is 9.95. The van der Waals surface area contributed by atoms with Gasteiger partial charge in [-0.1, -0.05) is 71.5 Å².